The second-order valence-corrected chi connectivity index (χ2v) is 3.96. The van der Waals surface area contributed by atoms with Gasteiger partial charge in [0, 0.05) is 20.2 Å². The number of nitrogens with zero attached hydrogens (tertiary/aromatic N) is 1. The van der Waals surface area contributed by atoms with Crippen LogP contribution in [-0.4, -0.2) is 26.4 Å². The van der Waals surface area contributed by atoms with Gasteiger partial charge in [-0.25, -0.2) is 0 Å². The first kappa shape index (κ1) is 14.5. The maximum atomic E-state index is 8.86. The van der Waals surface area contributed by atoms with Crippen LogP contribution in [0.1, 0.15) is 18.9 Å². The van der Waals surface area contributed by atoms with Gasteiger partial charge in [-0.3, -0.25) is 0 Å². The highest BCUT2D eigenvalue weighted by Gasteiger charge is 2.06. The number of benzene rings is 1. The maximum Gasteiger partial charge on any atom is 0.184 e. The number of rotatable bonds is 8. The van der Waals surface area contributed by atoms with E-state index in [9.17, 15) is 0 Å². The summed E-state index contributed by atoms with van der Waals surface area (Å²) in [5, 5.41) is 12.1. The molecule has 0 bridgehead atoms. The molecule has 0 heterocycles. The zero-order chi connectivity index (χ0) is 13.2. The summed E-state index contributed by atoms with van der Waals surface area (Å²) in [6.07, 6.45) is 0.314. The molecule has 0 fully saturated rings. The molecule has 1 N–H and O–H groups in total. The third-order valence-electron chi connectivity index (χ3n) is 2.50. The molecule has 0 spiro atoms. The minimum Gasteiger partial charge on any atom is -0.476 e. The fourth-order valence-electron chi connectivity index (χ4n) is 1.50. The lowest BCUT2D eigenvalue weighted by atomic mass is 10.2. The summed E-state index contributed by atoms with van der Waals surface area (Å²) in [5.41, 5.74) is 1.14. The topological polar surface area (TPSA) is 54.3 Å². The molecule has 0 saturated heterocycles. The normalized spacial score (nSPS) is 11.8. The lowest BCUT2D eigenvalue weighted by Gasteiger charge is -2.11. The first-order valence-corrected chi connectivity index (χ1v) is 6.15. The summed E-state index contributed by atoms with van der Waals surface area (Å²) >= 11 is 0. The molecule has 0 aromatic heterocycles. The Labute approximate surface area is 109 Å². The van der Waals surface area contributed by atoms with Gasteiger partial charge in [0.2, 0.25) is 0 Å². The standard InChI is InChI=1S/C14H20N2O2/c1-3-13(10-15)18-14-6-4-5-12(9-14)11-16-7-8-17-2/h4-6,9,13,16H,3,7-8,11H2,1-2H3. The number of hydrogen-bond donors (Lipinski definition) is 1. The van der Waals surface area contributed by atoms with Crippen molar-refractivity contribution in [2.24, 2.45) is 0 Å². The number of ether oxygens (including phenoxy) is 2. The van der Waals surface area contributed by atoms with Gasteiger partial charge in [0.15, 0.2) is 6.10 Å². The predicted molar refractivity (Wildman–Crippen MR) is 70.3 cm³/mol. The van der Waals surface area contributed by atoms with Gasteiger partial charge in [0.05, 0.1) is 6.61 Å². The van der Waals surface area contributed by atoms with Gasteiger partial charge in [0.25, 0.3) is 0 Å². The van der Waals surface area contributed by atoms with E-state index in [0.717, 1.165) is 24.4 Å². The first-order valence-electron chi connectivity index (χ1n) is 6.15. The van der Waals surface area contributed by atoms with Crippen molar-refractivity contribution in [1.29, 1.82) is 5.26 Å². The smallest absolute Gasteiger partial charge is 0.184 e. The van der Waals surface area contributed by atoms with E-state index in [4.69, 9.17) is 14.7 Å². The average molecular weight is 248 g/mol. The molecule has 0 radical (unpaired) electrons. The maximum absolute atomic E-state index is 8.86. The minimum atomic E-state index is -0.373. The van der Waals surface area contributed by atoms with E-state index >= 15 is 0 Å². The van der Waals surface area contributed by atoms with Crippen LogP contribution in [0.4, 0.5) is 0 Å². The van der Waals surface area contributed by atoms with Crippen molar-refractivity contribution in [3.63, 3.8) is 0 Å². The van der Waals surface area contributed by atoms with Crippen molar-refractivity contribution in [2.75, 3.05) is 20.3 Å². The van der Waals surface area contributed by atoms with Crippen LogP contribution in [0.2, 0.25) is 0 Å². The minimum absolute atomic E-state index is 0.373. The highest BCUT2D eigenvalue weighted by molar-refractivity contribution is 5.29. The van der Waals surface area contributed by atoms with Crippen molar-refractivity contribution < 1.29 is 9.47 Å². The van der Waals surface area contributed by atoms with Crippen LogP contribution in [0.3, 0.4) is 0 Å². The number of methoxy groups -OCH3 is 1. The Kier molecular flexibility index (Phi) is 6.85. The Balaban J connectivity index is 2.49. The molecule has 1 atom stereocenters. The van der Waals surface area contributed by atoms with Crippen LogP contribution < -0.4 is 10.1 Å². The molecular weight excluding hydrogens is 228 g/mol. The lowest BCUT2D eigenvalue weighted by molar-refractivity contribution is 0.199. The lowest BCUT2D eigenvalue weighted by Crippen LogP contribution is -2.18. The average Bonchev–Trinajstić information content (AvgIpc) is 2.41. The molecule has 0 amide bonds. The molecule has 0 aliphatic rings. The predicted octanol–water partition coefficient (Wildman–Crippen LogP) is 2.10. The van der Waals surface area contributed by atoms with Crippen LogP contribution in [0.25, 0.3) is 0 Å². The number of nitriles is 1. The Morgan fingerprint density at radius 2 is 2.28 bits per heavy atom. The Morgan fingerprint density at radius 1 is 1.44 bits per heavy atom. The summed E-state index contributed by atoms with van der Waals surface area (Å²) < 4.78 is 10.5. The molecule has 1 unspecified atom stereocenters. The van der Waals surface area contributed by atoms with Gasteiger partial charge in [0.1, 0.15) is 11.8 Å². The Bertz CT molecular complexity index is 388. The molecule has 4 heteroatoms. The van der Waals surface area contributed by atoms with E-state index in [1.165, 1.54) is 0 Å². The molecule has 1 aromatic carbocycles. The largest absolute Gasteiger partial charge is 0.476 e. The summed E-state index contributed by atoms with van der Waals surface area (Å²) in [6, 6.07) is 9.92. The molecule has 18 heavy (non-hydrogen) atoms. The summed E-state index contributed by atoms with van der Waals surface area (Å²) in [6.45, 7) is 4.22. The van der Waals surface area contributed by atoms with Crippen molar-refractivity contribution in [3.05, 3.63) is 29.8 Å². The van der Waals surface area contributed by atoms with Crippen molar-refractivity contribution >= 4 is 0 Å². The molecule has 1 rings (SSSR count). The monoisotopic (exact) mass is 248 g/mol. The molecule has 4 nitrogen and oxygen atoms in total. The zero-order valence-electron chi connectivity index (χ0n) is 11.0. The third-order valence-corrected chi connectivity index (χ3v) is 2.50. The van der Waals surface area contributed by atoms with E-state index in [-0.39, 0.29) is 6.10 Å². The summed E-state index contributed by atoms with van der Waals surface area (Å²) in [4.78, 5) is 0. The zero-order valence-corrected chi connectivity index (χ0v) is 11.0. The van der Waals surface area contributed by atoms with Gasteiger partial charge < -0.3 is 14.8 Å². The van der Waals surface area contributed by atoms with Gasteiger partial charge in [-0.1, -0.05) is 19.1 Å². The quantitative estimate of drug-likeness (QED) is 0.716. The number of hydrogen-bond acceptors (Lipinski definition) is 4. The summed E-state index contributed by atoms with van der Waals surface area (Å²) in [5.74, 6) is 0.745. The summed E-state index contributed by atoms with van der Waals surface area (Å²) in [7, 11) is 1.68. The van der Waals surface area contributed by atoms with E-state index in [2.05, 4.69) is 11.4 Å². The van der Waals surface area contributed by atoms with Crippen LogP contribution in [0.5, 0.6) is 5.75 Å². The first-order chi connectivity index (χ1) is 8.80. The Morgan fingerprint density at radius 3 is 2.94 bits per heavy atom. The molecule has 0 saturated carbocycles. The van der Waals surface area contributed by atoms with Crippen LogP contribution in [-0.2, 0) is 11.3 Å². The van der Waals surface area contributed by atoms with Crippen molar-refractivity contribution in [3.8, 4) is 11.8 Å². The van der Waals surface area contributed by atoms with Gasteiger partial charge >= 0.3 is 0 Å². The van der Waals surface area contributed by atoms with E-state index in [0.29, 0.717) is 13.0 Å². The van der Waals surface area contributed by atoms with Crippen LogP contribution >= 0.6 is 0 Å². The fraction of sp³-hybridized carbons (Fsp3) is 0.500. The molecule has 98 valence electrons. The van der Waals surface area contributed by atoms with Gasteiger partial charge in [-0.2, -0.15) is 5.26 Å². The van der Waals surface area contributed by atoms with Gasteiger partial charge in [-0.05, 0) is 24.1 Å². The second-order valence-electron chi connectivity index (χ2n) is 3.96. The SMILES string of the molecule is CCC(C#N)Oc1cccc(CNCCOC)c1. The molecule has 1 aromatic rings. The molecular formula is C14H20N2O2. The van der Waals surface area contributed by atoms with Crippen LogP contribution in [0, 0.1) is 11.3 Å². The highest BCUT2D eigenvalue weighted by atomic mass is 16.5. The van der Waals surface area contributed by atoms with E-state index < -0.39 is 0 Å². The molecule has 0 aliphatic heterocycles. The second kappa shape index (κ2) is 8.51. The van der Waals surface area contributed by atoms with Crippen molar-refractivity contribution in [1.82, 2.24) is 5.32 Å². The van der Waals surface area contributed by atoms with E-state index in [1.54, 1.807) is 7.11 Å². The van der Waals surface area contributed by atoms with Crippen LogP contribution in [0.15, 0.2) is 24.3 Å². The number of nitrogens with one attached hydrogen (secondary N) is 1. The fourth-order valence-corrected chi connectivity index (χ4v) is 1.50. The highest BCUT2D eigenvalue weighted by Crippen LogP contribution is 2.15. The van der Waals surface area contributed by atoms with Gasteiger partial charge in [-0.15, -0.1) is 0 Å². The van der Waals surface area contributed by atoms with E-state index in [1.807, 2.05) is 31.2 Å². The molecule has 0 aliphatic carbocycles. The third kappa shape index (κ3) is 5.17. The Hall–Kier alpha value is -1.57. The van der Waals surface area contributed by atoms with Crippen molar-refractivity contribution in [2.45, 2.75) is 26.0 Å².